The van der Waals surface area contributed by atoms with E-state index in [9.17, 15) is 10.1 Å². The molecule has 0 aromatic heterocycles. The second-order valence-corrected chi connectivity index (χ2v) is 1.60. The summed E-state index contributed by atoms with van der Waals surface area (Å²) in [4.78, 5) is 9.04. The number of nitrogens with zero attached hydrogens (tertiary/aromatic N) is 1. The summed E-state index contributed by atoms with van der Waals surface area (Å²) in [7, 11) is 0. The van der Waals surface area contributed by atoms with Gasteiger partial charge in [0, 0.05) is 4.92 Å². The van der Waals surface area contributed by atoms with E-state index in [1.54, 1.807) is 0 Å². The Bertz CT molecular complexity index is 76.1. The highest BCUT2D eigenvalue weighted by molar-refractivity contribution is 7.80. The van der Waals surface area contributed by atoms with Crippen LogP contribution in [0.5, 0.6) is 0 Å². The molecule has 42 valence electrons. The highest BCUT2D eigenvalue weighted by Gasteiger charge is 2.08. The molecule has 0 aliphatic carbocycles. The molecule has 0 radical (unpaired) electrons. The van der Waals surface area contributed by atoms with Crippen molar-refractivity contribution in [1.29, 1.82) is 0 Å². The molecule has 0 spiro atoms. The maximum Gasteiger partial charge on any atom is 0.267 e. The molecule has 0 saturated heterocycles. The Balaban J connectivity index is 3.34. The molecule has 5 heteroatoms. The Labute approximate surface area is 46.3 Å². The van der Waals surface area contributed by atoms with Crippen molar-refractivity contribution in [3.05, 3.63) is 10.1 Å². The predicted molar refractivity (Wildman–Crippen MR) is 28.8 cm³/mol. The molecule has 4 nitrogen and oxygen atoms in total. The number of thiol groups is 1. The summed E-state index contributed by atoms with van der Waals surface area (Å²) in [5, 5.41) is 8.68. The van der Waals surface area contributed by atoms with E-state index in [-0.39, 0.29) is 6.54 Å². The lowest BCUT2D eigenvalue weighted by Crippen LogP contribution is -2.22. The van der Waals surface area contributed by atoms with E-state index in [4.69, 9.17) is 5.73 Å². The Morgan fingerprint density at radius 1 is 2.00 bits per heavy atom. The van der Waals surface area contributed by atoms with Crippen molar-refractivity contribution >= 4 is 12.6 Å². The third kappa shape index (κ3) is 2.41. The van der Waals surface area contributed by atoms with Crippen LogP contribution >= 0.6 is 12.6 Å². The van der Waals surface area contributed by atoms with Crippen molar-refractivity contribution in [3.8, 4) is 0 Å². The zero-order chi connectivity index (χ0) is 5.86. The van der Waals surface area contributed by atoms with Gasteiger partial charge in [0.2, 0.25) is 0 Å². The number of hydrogen-bond acceptors (Lipinski definition) is 4. The van der Waals surface area contributed by atoms with Crippen molar-refractivity contribution in [3.63, 3.8) is 0 Å². The van der Waals surface area contributed by atoms with E-state index in [1.165, 1.54) is 0 Å². The Hall–Kier alpha value is -0.290. The summed E-state index contributed by atoms with van der Waals surface area (Å²) < 4.78 is 0. The van der Waals surface area contributed by atoms with Gasteiger partial charge in [0.25, 0.3) is 5.37 Å². The minimum Gasteiger partial charge on any atom is -0.324 e. The average Bonchev–Trinajstić information content (AvgIpc) is 1.65. The summed E-state index contributed by atoms with van der Waals surface area (Å²) >= 11 is 3.50. The number of nitrogens with two attached hydrogens (primary N) is 1. The monoisotopic (exact) mass is 122 g/mol. The average molecular weight is 122 g/mol. The standard InChI is InChI=1S/C2H6N2O2S/c3-1-2(7)4(5)6/h2,7H,1,3H2. The van der Waals surface area contributed by atoms with E-state index in [0.29, 0.717) is 0 Å². The van der Waals surface area contributed by atoms with E-state index >= 15 is 0 Å². The van der Waals surface area contributed by atoms with Crippen LogP contribution < -0.4 is 5.73 Å². The molecule has 1 unspecified atom stereocenters. The van der Waals surface area contributed by atoms with Gasteiger partial charge in [0.15, 0.2) is 0 Å². The van der Waals surface area contributed by atoms with Crippen LogP contribution in [-0.2, 0) is 0 Å². The summed E-state index contributed by atoms with van der Waals surface area (Å²) in [5.74, 6) is 0. The fourth-order valence-electron chi connectivity index (χ4n) is 0.0861. The van der Waals surface area contributed by atoms with E-state index < -0.39 is 10.3 Å². The third-order valence-corrected chi connectivity index (χ3v) is 0.854. The number of nitro groups is 1. The first-order valence-electron chi connectivity index (χ1n) is 1.70. The molecule has 0 heterocycles. The van der Waals surface area contributed by atoms with Gasteiger partial charge in [0.1, 0.15) is 0 Å². The van der Waals surface area contributed by atoms with Gasteiger partial charge in [-0.2, -0.15) is 0 Å². The number of hydrogen-bond donors (Lipinski definition) is 2. The largest absolute Gasteiger partial charge is 0.324 e. The van der Waals surface area contributed by atoms with Gasteiger partial charge in [-0.3, -0.25) is 10.1 Å². The van der Waals surface area contributed by atoms with Crippen molar-refractivity contribution < 1.29 is 4.92 Å². The molecule has 0 aromatic rings. The quantitative estimate of drug-likeness (QED) is 0.224. The molecule has 0 aliphatic rings. The van der Waals surface area contributed by atoms with Crippen LogP contribution in [0.15, 0.2) is 0 Å². The Morgan fingerprint density at radius 3 is 2.43 bits per heavy atom. The van der Waals surface area contributed by atoms with Gasteiger partial charge in [0.05, 0.1) is 6.54 Å². The van der Waals surface area contributed by atoms with Crippen molar-refractivity contribution in [2.75, 3.05) is 6.54 Å². The molecule has 7 heavy (non-hydrogen) atoms. The zero-order valence-corrected chi connectivity index (χ0v) is 4.47. The first-order valence-corrected chi connectivity index (χ1v) is 2.21. The van der Waals surface area contributed by atoms with Crippen LogP contribution in [0.25, 0.3) is 0 Å². The minimum absolute atomic E-state index is 0.0177. The summed E-state index contributed by atoms with van der Waals surface area (Å²) in [6.07, 6.45) is 0. The lowest BCUT2D eigenvalue weighted by atomic mass is 10.7. The first-order chi connectivity index (χ1) is 3.18. The molecule has 0 fully saturated rings. The first kappa shape index (κ1) is 6.71. The fourth-order valence-corrected chi connectivity index (χ4v) is 0.0861. The fraction of sp³-hybridized carbons (Fsp3) is 1.00. The molecule has 0 amide bonds. The van der Waals surface area contributed by atoms with Gasteiger partial charge in [-0.25, -0.2) is 0 Å². The topological polar surface area (TPSA) is 69.2 Å². The van der Waals surface area contributed by atoms with Crippen LogP contribution in [0.4, 0.5) is 0 Å². The Kier molecular flexibility index (Phi) is 2.70. The number of rotatable bonds is 2. The highest BCUT2D eigenvalue weighted by atomic mass is 32.1. The highest BCUT2D eigenvalue weighted by Crippen LogP contribution is 1.89. The van der Waals surface area contributed by atoms with Crippen LogP contribution in [0.3, 0.4) is 0 Å². The van der Waals surface area contributed by atoms with E-state index in [0.717, 1.165) is 0 Å². The lowest BCUT2D eigenvalue weighted by Gasteiger charge is -1.93. The van der Waals surface area contributed by atoms with E-state index in [1.807, 2.05) is 0 Å². The maximum absolute atomic E-state index is 9.58. The second-order valence-electron chi connectivity index (χ2n) is 1.00. The SMILES string of the molecule is NCC(S)[N+](=O)[O-]. The van der Waals surface area contributed by atoms with Crippen molar-refractivity contribution in [2.45, 2.75) is 5.37 Å². The minimum atomic E-state index is -0.903. The van der Waals surface area contributed by atoms with Crippen molar-refractivity contribution in [1.82, 2.24) is 0 Å². The maximum atomic E-state index is 9.58. The molecule has 0 bridgehead atoms. The predicted octanol–water partition coefficient (Wildman–Crippen LogP) is -0.522. The van der Waals surface area contributed by atoms with Gasteiger partial charge < -0.3 is 5.73 Å². The molecule has 1 atom stereocenters. The molecular weight excluding hydrogens is 116 g/mol. The zero-order valence-electron chi connectivity index (χ0n) is 3.57. The van der Waals surface area contributed by atoms with E-state index in [2.05, 4.69) is 12.6 Å². The third-order valence-electron chi connectivity index (χ3n) is 0.454. The van der Waals surface area contributed by atoms with Crippen LogP contribution in [0, 0.1) is 10.1 Å². The van der Waals surface area contributed by atoms with Crippen LogP contribution in [0.2, 0.25) is 0 Å². The summed E-state index contributed by atoms with van der Waals surface area (Å²) in [6, 6.07) is 0. The van der Waals surface area contributed by atoms with Crippen molar-refractivity contribution in [2.24, 2.45) is 5.73 Å². The van der Waals surface area contributed by atoms with Crippen LogP contribution in [-0.4, -0.2) is 16.8 Å². The lowest BCUT2D eigenvalue weighted by molar-refractivity contribution is -0.491. The van der Waals surface area contributed by atoms with Gasteiger partial charge in [-0.15, -0.1) is 0 Å². The van der Waals surface area contributed by atoms with Gasteiger partial charge in [-0.1, -0.05) is 12.6 Å². The van der Waals surface area contributed by atoms with Gasteiger partial charge in [-0.05, 0) is 0 Å². The molecule has 0 aromatic carbocycles. The molecule has 0 saturated carbocycles. The molecule has 0 aliphatic heterocycles. The molecule has 2 N–H and O–H groups in total. The smallest absolute Gasteiger partial charge is 0.267 e. The summed E-state index contributed by atoms with van der Waals surface area (Å²) in [5.41, 5.74) is 4.85. The van der Waals surface area contributed by atoms with Crippen LogP contribution in [0.1, 0.15) is 0 Å². The normalized spacial score (nSPS) is 13.4. The summed E-state index contributed by atoms with van der Waals surface area (Å²) in [6.45, 7) is -0.0177. The molecule has 0 rings (SSSR count). The molecular formula is C2H6N2O2S. The second kappa shape index (κ2) is 2.81. The Morgan fingerprint density at radius 2 is 2.43 bits per heavy atom. The van der Waals surface area contributed by atoms with Gasteiger partial charge >= 0.3 is 0 Å².